The molecular weight excluding hydrogens is 380 g/mol. The summed E-state index contributed by atoms with van der Waals surface area (Å²) in [5.41, 5.74) is 5.62. The van der Waals surface area contributed by atoms with Gasteiger partial charge in [0.25, 0.3) is 0 Å². The Bertz CT molecular complexity index is 585. The molecule has 166 valence electrons. The van der Waals surface area contributed by atoms with Crippen LogP contribution in [0.3, 0.4) is 0 Å². The van der Waals surface area contributed by atoms with E-state index in [2.05, 4.69) is 16.0 Å². The lowest BCUT2D eigenvalue weighted by Gasteiger charge is -2.41. The van der Waals surface area contributed by atoms with Gasteiger partial charge in [-0.15, -0.1) is 0 Å². The number of piperidine rings is 1. The van der Waals surface area contributed by atoms with E-state index < -0.39 is 24.3 Å². The van der Waals surface area contributed by atoms with Crippen LogP contribution in [0.1, 0.15) is 40.5 Å². The van der Waals surface area contributed by atoms with E-state index in [1.54, 1.807) is 11.8 Å². The van der Waals surface area contributed by atoms with E-state index in [-0.39, 0.29) is 37.0 Å². The van der Waals surface area contributed by atoms with Gasteiger partial charge in [0.15, 0.2) is 12.2 Å². The van der Waals surface area contributed by atoms with Crippen molar-refractivity contribution in [3.63, 3.8) is 0 Å². The highest BCUT2D eigenvalue weighted by Crippen LogP contribution is 2.18. The minimum Gasteiger partial charge on any atom is -0.449 e. The van der Waals surface area contributed by atoms with E-state index in [9.17, 15) is 14.4 Å². The van der Waals surface area contributed by atoms with Gasteiger partial charge in [-0.2, -0.15) is 0 Å². The fourth-order valence-electron chi connectivity index (χ4n) is 2.86. The number of ether oxygens (including phenoxy) is 2. The average Bonchev–Trinajstić information content (AvgIpc) is 2.65. The van der Waals surface area contributed by atoms with Gasteiger partial charge in [0, 0.05) is 13.2 Å². The summed E-state index contributed by atoms with van der Waals surface area (Å²) < 4.78 is 10.6. The van der Waals surface area contributed by atoms with Crippen molar-refractivity contribution in [1.82, 2.24) is 20.9 Å². The van der Waals surface area contributed by atoms with Crippen LogP contribution in [0.25, 0.3) is 0 Å². The third-order valence-corrected chi connectivity index (χ3v) is 4.25. The van der Waals surface area contributed by atoms with E-state index in [1.165, 1.54) is 0 Å². The summed E-state index contributed by atoms with van der Waals surface area (Å²) in [6, 6.07) is -1.17. The predicted molar refractivity (Wildman–Crippen MR) is 107 cm³/mol. The van der Waals surface area contributed by atoms with Crippen LogP contribution in [0, 0.1) is 11.3 Å². The minimum atomic E-state index is -0.814. The van der Waals surface area contributed by atoms with Crippen LogP contribution in [-0.4, -0.2) is 73.4 Å². The number of carbonyl (C=O) groups excluding carboxylic acids is 3. The Morgan fingerprint density at radius 2 is 1.97 bits per heavy atom. The number of nitrogens with zero attached hydrogens (tertiary/aromatic N) is 1. The van der Waals surface area contributed by atoms with Crippen LogP contribution in [0.15, 0.2) is 0 Å². The first kappa shape index (κ1) is 24.5. The third kappa shape index (κ3) is 8.55. The minimum absolute atomic E-state index is 0.112. The highest BCUT2D eigenvalue weighted by atomic mass is 16.5. The number of nitrogens with one attached hydrogen (secondary N) is 4. The molecule has 1 fully saturated rings. The molecule has 1 aliphatic rings. The van der Waals surface area contributed by atoms with Crippen LogP contribution in [0.5, 0.6) is 0 Å². The lowest BCUT2D eigenvalue weighted by Crippen LogP contribution is -2.61. The second-order valence-electron chi connectivity index (χ2n) is 7.32. The summed E-state index contributed by atoms with van der Waals surface area (Å²) in [7, 11) is 0. The molecular formula is C18H34N6O5. The van der Waals surface area contributed by atoms with Gasteiger partial charge in [-0.1, -0.05) is 13.8 Å². The number of rotatable bonds is 9. The molecule has 0 aliphatic carbocycles. The number of guanidine groups is 1. The largest absolute Gasteiger partial charge is 0.449 e. The zero-order chi connectivity index (χ0) is 22.0. The molecule has 3 amide bonds. The van der Waals surface area contributed by atoms with Crippen LogP contribution < -0.4 is 21.7 Å². The number of hydrogen-bond acceptors (Lipinski definition) is 6. The molecule has 11 nitrogen and oxygen atoms in total. The fourth-order valence-corrected chi connectivity index (χ4v) is 2.86. The first-order valence-corrected chi connectivity index (χ1v) is 9.88. The zero-order valence-electron chi connectivity index (χ0n) is 17.6. The van der Waals surface area contributed by atoms with Crippen molar-refractivity contribution >= 4 is 23.9 Å². The Morgan fingerprint density at radius 1 is 1.28 bits per heavy atom. The van der Waals surface area contributed by atoms with Crippen molar-refractivity contribution in [3.05, 3.63) is 0 Å². The summed E-state index contributed by atoms with van der Waals surface area (Å²) in [4.78, 5) is 37.5. The maximum atomic E-state index is 12.5. The second kappa shape index (κ2) is 12.1. The lowest BCUT2D eigenvalue weighted by molar-refractivity contribution is -0.131. The Hall–Kier alpha value is -2.56. The number of alkyl carbamates (subject to hydrolysis) is 1. The normalized spacial score (nSPS) is 20.0. The van der Waals surface area contributed by atoms with E-state index in [1.807, 2.05) is 20.8 Å². The first-order valence-electron chi connectivity index (χ1n) is 9.88. The molecule has 6 N–H and O–H groups in total. The summed E-state index contributed by atoms with van der Waals surface area (Å²) >= 11 is 0. The van der Waals surface area contributed by atoms with E-state index in [0.717, 1.165) is 6.42 Å². The summed E-state index contributed by atoms with van der Waals surface area (Å²) in [6.07, 6.45) is 0.203. The molecule has 0 bridgehead atoms. The molecule has 1 aliphatic heterocycles. The van der Waals surface area contributed by atoms with E-state index in [4.69, 9.17) is 20.6 Å². The summed E-state index contributed by atoms with van der Waals surface area (Å²) in [5.74, 6) is -0.818. The smallest absolute Gasteiger partial charge is 0.407 e. The molecule has 0 radical (unpaired) electrons. The monoisotopic (exact) mass is 414 g/mol. The van der Waals surface area contributed by atoms with E-state index >= 15 is 0 Å². The standard InChI is InChI=1S/C18H34N6O5/c1-5-28-16-13(7-6-8-24(16)17(19)20)23-15(26)12(4)22-14(25)9-21-18(27)29-10-11(2)3/h11-13,16H,5-10H2,1-4H3,(H3,19,20)(H,21,27)(H,22,25)(H,23,26)/t12-,13?,16?/m0/s1. The second-order valence-corrected chi connectivity index (χ2v) is 7.32. The average molecular weight is 415 g/mol. The first-order chi connectivity index (χ1) is 13.6. The van der Waals surface area contributed by atoms with E-state index in [0.29, 0.717) is 19.6 Å². The molecule has 1 heterocycles. The molecule has 3 atom stereocenters. The van der Waals surface area contributed by atoms with Crippen LogP contribution in [0.4, 0.5) is 4.79 Å². The van der Waals surface area contributed by atoms with Crippen LogP contribution >= 0.6 is 0 Å². The lowest BCUT2D eigenvalue weighted by atomic mass is 10.0. The van der Waals surface area contributed by atoms with Crippen molar-refractivity contribution in [2.45, 2.75) is 58.8 Å². The van der Waals surface area contributed by atoms with Gasteiger partial charge >= 0.3 is 6.09 Å². The van der Waals surface area contributed by atoms with Crippen LogP contribution in [-0.2, 0) is 19.1 Å². The van der Waals surface area contributed by atoms with Gasteiger partial charge < -0.3 is 36.1 Å². The highest BCUT2D eigenvalue weighted by molar-refractivity contribution is 5.89. The van der Waals surface area contributed by atoms with Gasteiger partial charge in [0.1, 0.15) is 12.6 Å². The maximum absolute atomic E-state index is 12.5. The predicted octanol–water partition coefficient (Wildman–Crippen LogP) is -0.290. The molecule has 29 heavy (non-hydrogen) atoms. The Labute approximate surface area is 171 Å². The number of likely N-dealkylation sites (tertiary alicyclic amines) is 1. The Balaban J connectivity index is 2.50. The van der Waals surface area contributed by atoms with Crippen LogP contribution in [0.2, 0.25) is 0 Å². The Kier molecular flexibility index (Phi) is 10.2. The molecule has 0 spiro atoms. The van der Waals surface area contributed by atoms with Crippen molar-refractivity contribution in [1.29, 1.82) is 5.41 Å². The van der Waals surface area contributed by atoms with Gasteiger partial charge in [0.2, 0.25) is 11.8 Å². The van der Waals surface area contributed by atoms with Gasteiger partial charge in [-0.3, -0.25) is 15.0 Å². The quantitative estimate of drug-likeness (QED) is 0.256. The van der Waals surface area contributed by atoms with Gasteiger partial charge in [-0.05, 0) is 32.6 Å². The molecule has 1 rings (SSSR count). The molecule has 0 saturated carbocycles. The fraction of sp³-hybridized carbons (Fsp3) is 0.778. The maximum Gasteiger partial charge on any atom is 0.407 e. The summed E-state index contributed by atoms with van der Waals surface area (Å²) in [5, 5.41) is 15.4. The SMILES string of the molecule is CCOC1C(NC(=O)[C@H](C)NC(=O)CNC(=O)OCC(C)C)CCCN1C(=N)N. The molecule has 2 unspecified atom stereocenters. The highest BCUT2D eigenvalue weighted by Gasteiger charge is 2.34. The topological polar surface area (TPSA) is 159 Å². The molecule has 1 saturated heterocycles. The third-order valence-electron chi connectivity index (χ3n) is 4.25. The van der Waals surface area contributed by atoms with Crippen molar-refractivity contribution < 1.29 is 23.9 Å². The Morgan fingerprint density at radius 3 is 2.55 bits per heavy atom. The number of hydrogen-bond donors (Lipinski definition) is 5. The molecule has 0 aromatic rings. The molecule has 11 heteroatoms. The number of carbonyl (C=O) groups is 3. The van der Waals surface area contributed by atoms with Crippen molar-refractivity contribution in [2.75, 3.05) is 26.3 Å². The summed E-state index contributed by atoms with van der Waals surface area (Å²) in [6.45, 7) is 8.13. The van der Waals surface area contributed by atoms with Gasteiger partial charge in [-0.25, -0.2) is 4.79 Å². The van der Waals surface area contributed by atoms with Crippen molar-refractivity contribution in [3.8, 4) is 0 Å². The van der Waals surface area contributed by atoms with Gasteiger partial charge in [0.05, 0.1) is 12.6 Å². The number of nitrogens with two attached hydrogens (primary N) is 1. The van der Waals surface area contributed by atoms with Crippen molar-refractivity contribution in [2.24, 2.45) is 11.7 Å². The molecule has 0 aromatic heterocycles. The molecule has 0 aromatic carbocycles. The zero-order valence-corrected chi connectivity index (χ0v) is 17.6. The number of amides is 3.